The molecule has 0 unspecified atom stereocenters. The number of rotatable bonds is 4. The maximum atomic E-state index is 11.4. The Morgan fingerprint density at radius 2 is 2.14 bits per heavy atom. The summed E-state index contributed by atoms with van der Waals surface area (Å²) in [6, 6.07) is 9.35. The van der Waals surface area contributed by atoms with E-state index in [1.165, 1.54) is 4.88 Å². The molecule has 21 heavy (non-hydrogen) atoms. The Morgan fingerprint density at radius 3 is 2.81 bits per heavy atom. The van der Waals surface area contributed by atoms with Crippen molar-refractivity contribution in [1.82, 2.24) is 9.55 Å². The van der Waals surface area contributed by atoms with Gasteiger partial charge in [-0.1, -0.05) is 26.0 Å². The molecule has 2 aromatic heterocycles. The van der Waals surface area contributed by atoms with Gasteiger partial charge in [-0.25, -0.2) is 9.78 Å². The second kappa shape index (κ2) is 5.00. The van der Waals surface area contributed by atoms with E-state index in [2.05, 4.69) is 30.3 Å². The van der Waals surface area contributed by atoms with Crippen molar-refractivity contribution >= 4 is 28.3 Å². The van der Waals surface area contributed by atoms with Gasteiger partial charge in [-0.3, -0.25) is 0 Å². The number of para-hydroxylation sites is 1. The number of carboxylic acid groups (broad SMARTS) is 1. The van der Waals surface area contributed by atoms with Crippen LogP contribution in [-0.4, -0.2) is 20.6 Å². The molecule has 5 heteroatoms. The van der Waals surface area contributed by atoms with Gasteiger partial charge >= 0.3 is 5.97 Å². The van der Waals surface area contributed by atoms with E-state index in [4.69, 9.17) is 0 Å². The van der Waals surface area contributed by atoms with Crippen molar-refractivity contribution in [3.8, 4) is 0 Å². The van der Waals surface area contributed by atoms with E-state index in [-0.39, 0.29) is 5.41 Å². The maximum absolute atomic E-state index is 11.4. The maximum Gasteiger partial charge on any atom is 0.337 e. The molecule has 0 aliphatic heterocycles. The minimum Gasteiger partial charge on any atom is -0.478 e. The first-order valence-corrected chi connectivity index (χ1v) is 7.58. The molecule has 0 radical (unpaired) electrons. The van der Waals surface area contributed by atoms with Crippen molar-refractivity contribution in [3.63, 3.8) is 0 Å². The zero-order chi connectivity index (χ0) is 15.0. The van der Waals surface area contributed by atoms with E-state index in [0.717, 1.165) is 5.52 Å². The normalized spacial score (nSPS) is 11.9. The summed E-state index contributed by atoms with van der Waals surface area (Å²) >= 11 is 1.72. The average Bonchev–Trinajstić information content (AvgIpc) is 3.08. The number of carboxylic acids is 1. The summed E-state index contributed by atoms with van der Waals surface area (Å²) in [6.07, 6.45) is 1.73. The number of aromatic carboxylic acids is 1. The van der Waals surface area contributed by atoms with E-state index >= 15 is 0 Å². The molecule has 2 heterocycles. The van der Waals surface area contributed by atoms with Crippen molar-refractivity contribution in [2.24, 2.45) is 0 Å². The minimum absolute atomic E-state index is 0.0760. The predicted octanol–water partition coefficient (Wildman–Crippen LogP) is 3.77. The van der Waals surface area contributed by atoms with Gasteiger partial charge in [0, 0.05) is 16.8 Å². The Morgan fingerprint density at radius 1 is 1.33 bits per heavy atom. The van der Waals surface area contributed by atoms with Gasteiger partial charge in [0.1, 0.15) is 0 Å². The molecule has 0 bridgehead atoms. The fourth-order valence-electron chi connectivity index (χ4n) is 2.59. The number of nitrogens with zero attached hydrogens (tertiary/aromatic N) is 2. The number of thiophene rings is 1. The van der Waals surface area contributed by atoms with Crippen molar-refractivity contribution in [1.29, 1.82) is 0 Å². The van der Waals surface area contributed by atoms with Crippen LogP contribution >= 0.6 is 11.3 Å². The molecule has 0 amide bonds. The highest BCUT2D eigenvalue weighted by atomic mass is 32.1. The molecule has 0 aliphatic carbocycles. The molecule has 3 rings (SSSR count). The Bertz CT molecular complexity index is 788. The predicted molar refractivity (Wildman–Crippen MR) is 84.0 cm³/mol. The first-order chi connectivity index (χ1) is 9.99. The second-order valence-corrected chi connectivity index (χ2v) is 6.66. The van der Waals surface area contributed by atoms with E-state index in [0.29, 0.717) is 17.6 Å². The summed E-state index contributed by atoms with van der Waals surface area (Å²) < 4.78 is 1.94. The third-order valence-electron chi connectivity index (χ3n) is 3.62. The molecule has 108 valence electrons. The number of imidazole rings is 1. The lowest BCUT2D eigenvalue weighted by Gasteiger charge is -2.24. The van der Waals surface area contributed by atoms with Crippen LogP contribution in [0.1, 0.15) is 29.1 Å². The number of benzene rings is 1. The molecule has 1 N–H and O–H groups in total. The summed E-state index contributed by atoms with van der Waals surface area (Å²) in [7, 11) is 0. The van der Waals surface area contributed by atoms with Gasteiger partial charge in [0.15, 0.2) is 0 Å². The second-order valence-electron chi connectivity index (χ2n) is 5.71. The number of hydrogen-bond donors (Lipinski definition) is 1. The first-order valence-electron chi connectivity index (χ1n) is 6.70. The standard InChI is InChI=1S/C16H16N2O2S/c1-16(2,13-7-4-8-21-13)9-18-10-17-12-6-3-5-11(14(12)18)15(19)20/h3-8,10H,9H2,1-2H3,(H,19,20). The van der Waals surface area contributed by atoms with Gasteiger partial charge in [0.2, 0.25) is 0 Å². The van der Waals surface area contributed by atoms with Crippen molar-refractivity contribution in [2.75, 3.05) is 0 Å². The van der Waals surface area contributed by atoms with Crippen molar-refractivity contribution in [3.05, 3.63) is 52.5 Å². The molecule has 0 atom stereocenters. The lowest BCUT2D eigenvalue weighted by atomic mass is 9.91. The Kier molecular flexibility index (Phi) is 3.29. The van der Waals surface area contributed by atoms with Crippen molar-refractivity contribution in [2.45, 2.75) is 25.8 Å². The fraction of sp³-hybridized carbons (Fsp3) is 0.250. The molecular weight excluding hydrogens is 284 g/mol. The average molecular weight is 300 g/mol. The summed E-state index contributed by atoms with van der Waals surface area (Å²) in [5.74, 6) is -0.920. The monoisotopic (exact) mass is 300 g/mol. The third-order valence-corrected chi connectivity index (χ3v) is 4.86. The molecule has 3 aromatic rings. The quantitative estimate of drug-likeness (QED) is 0.798. The van der Waals surface area contributed by atoms with Crippen LogP contribution in [0.3, 0.4) is 0 Å². The molecule has 0 aliphatic rings. The summed E-state index contributed by atoms with van der Waals surface area (Å²) in [5, 5.41) is 11.4. The van der Waals surface area contributed by atoms with Crippen LogP contribution in [0.15, 0.2) is 42.0 Å². The summed E-state index contributed by atoms with van der Waals surface area (Å²) in [4.78, 5) is 17.0. The molecule has 4 nitrogen and oxygen atoms in total. The molecule has 0 saturated heterocycles. The number of aromatic nitrogens is 2. The fourth-order valence-corrected chi connectivity index (χ4v) is 3.43. The Balaban J connectivity index is 2.07. The first kappa shape index (κ1) is 13.8. The summed E-state index contributed by atoms with van der Waals surface area (Å²) in [5.41, 5.74) is 1.63. The highest BCUT2D eigenvalue weighted by Gasteiger charge is 2.24. The highest BCUT2D eigenvalue weighted by molar-refractivity contribution is 7.10. The Hall–Kier alpha value is -2.14. The van der Waals surface area contributed by atoms with Gasteiger partial charge in [-0.15, -0.1) is 11.3 Å². The zero-order valence-electron chi connectivity index (χ0n) is 11.9. The lowest BCUT2D eigenvalue weighted by Crippen LogP contribution is -2.23. The van der Waals surface area contributed by atoms with Crippen LogP contribution in [0.25, 0.3) is 11.0 Å². The van der Waals surface area contributed by atoms with Gasteiger partial charge in [-0.2, -0.15) is 0 Å². The van der Waals surface area contributed by atoms with E-state index in [9.17, 15) is 9.90 Å². The molecular formula is C16H16N2O2S. The van der Waals surface area contributed by atoms with Crippen LogP contribution < -0.4 is 0 Å². The zero-order valence-corrected chi connectivity index (χ0v) is 12.7. The Labute approximate surface area is 126 Å². The number of carbonyl (C=O) groups is 1. The third kappa shape index (κ3) is 2.45. The van der Waals surface area contributed by atoms with Gasteiger partial charge < -0.3 is 9.67 Å². The summed E-state index contributed by atoms with van der Waals surface area (Å²) in [6.45, 7) is 5.01. The van der Waals surface area contributed by atoms with Gasteiger partial charge in [0.05, 0.1) is 22.9 Å². The molecule has 0 spiro atoms. The number of fused-ring (bicyclic) bond motifs is 1. The molecule has 1 aromatic carbocycles. The largest absolute Gasteiger partial charge is 0.478 e. The van der Waals surface area contributed by atoms with Crippen LogP contribution in [0.5, 0.6) is 0 Å². The van der Waals surface area contributed by atoms with E-state index < -0.39 is 5.97 Å². The van der Waals surface area contributed by atoms with Gasteiger partial charge in [0.25, 0.3) is 0 Å². The lowest BCUT2D eigenvalue weighted by molar-refractivity contribution is 0.0698. The van der Waals surface area contributed by atoms with Crippen LogP contribution in [0.2, 0.25) is 0 Å². The topological polar surface area (TPSA) is 55.1 Å². The van der Waals surface area contributed by atoms with Crippen LogP contribution in [0.4, 0.5) is 0 Å². The van der Waals surface area contributed by atoms with E-state index in [1.807, 2.05) is 16.7 Å². The van der Waals surface area contributed by atoms with Crippen LogP contribution in [0, 0.1) is 0 Å². The molecule has 0 saturated carbocycles. The smallest absolute Gasteiger partial charge is 0.337 e. The minimum atomic E-state index is -0.920. The van der Waals surface area contributed by atoms with Gasteiger partial charge in [-0.05, 0) is 23.6 Å². The molecule has 0 fully saturated rings. The highest BCUT2D eigenvalue weighted by Crippen LogP contribution is 2.31. The van der Waals surface area contributed by atoms with Crippen molar-refractivity contribution < 1.29 is 9.90 Å². The number of hydrogen-bond acceptors (Lipinski definition) is 3. The van der Waals surface area contributed by atoms with E-state index in [1.54, 1.807) is 29.8 Å². The SMILES string of the molecule is CC(C)(Cn1cnc2cccc(C(=O)O)c21)c1cccs1. The van der Waals surface area contributed by atoms with Crippen LogP contribution in [-0.2, 0) is 12.0 Å².